The maximum Gasteiger partial charge on any atom is 0.250 e. The Bertz CT molecular complexity index is 960. The molecule has 0 saturated carbocycles. The van der Waals surface area contributed by atoms with Crippen LogP contribution in [0.2, 0.25) is 0 Å². The number of nitrogens with zero attached hydrogens (tertiary/aromatic N) is 2. The number of halogens is 1. The zero-order chi connectivity index (χ0) is 21.2. The van der Waals surface area contributed by atoms with Crippen LogP contribution < -0.4 is 15.5 Å². The molecule has 2 aromatic carbocycles. The number of benzene rings is 2. The van der Waals surface area contributed by atoms with Gasteiger partial charge in [-0.1, -0.05) is 18.2 Å². The Morgan fingerprint density at radius 1 is 1.14 bits per heavy atom. The SMILES string of the molecule is CN(CC(=O)Nc1cccc(F)c1)CC(=O)N1c2ccccc2NC(=O)C1(C)C. The van der Waals surface area contributed by atoms with E-state index in [1.165, 1.54) is 23.1 Å². The molecule has 0 bridgehead atoms. The van der Waals surface area contributed by atoms with Gasteiger partial charge in [0.25, 0.3) is 0 Å². The summed E-state index contributed by atoms with van der Waals surface area (Å²) < 4.78 is 13.2. The fourth-order valence-electron chi connectivity index (χ4n) is 3.27. The van der Waals surface area contributed by atoms with Gasteiger partial charge in [-0.05, 0) is 51.2 Å². The number of nitrogens with one attached hydrogen (secondary N) is 2. The predicted octanol–water partition coefficient (Wildman–Crippen LogP) is 2.46. The quantitative estimate of drug-likeness (QED) is 0.811. The molecule has 0 saturated heterocycles. The van der Waals surface area contributed by atoms with E-state index in [9.17, 15) is 18.8 Å². The van der Waals surface area contributed by atoms with Crippen molar-refractivity contribution < 1.29 is 18.8 Å². The molecule has 0 aromatic heterocycles. The van der Waals surface area contributed by atoms with E-state index >= 15 is 0 Å². The highest BCUT2D eigenvalue weighted by Gasteiger charge is 2.43. The Morgan fingerprint density at radius 2 is 1.86 bits per heavy atom. The van der Waals surface area contributed by atoms with E-state index in [0.717, 1.165) is 0 Å². The Hall–Kier alpha value is -3.26. The van der Waals surface area contributed by atoms with Crippen LogP contribution >= 0.6 is 0 Å². The van der Waals surface area contributed by atoms with E-state index in [0.29, 0.717) is 17.1 Å². The maximum absolute atomic E-state index is 13.2. The minimum Gasteiger partial charge on any atom is -0.325 e. The molecule has 0 atom stereocenters. The van der Waals surface area contributed by atoms with Gasteiger partial charge < -0.3 is 10.6 Å². The van der Waals surface area contributed by atoms with E-state index in [1.807, 2.05) is 0 Å². The molecule has 1 aliphatic heterocycles. The second-order valence-electron chi connectivity index (χ2n) is 7.49. The third-order valence-corrected chi connectivity index (χ3v) is 4.68. The molecule has 0 radical (unpaired) electrons. The lowest BCUT2D eigenvalue weighted by molar-refractivity contribution is -0.127. The first-order valence-corrected chi connectivity index (χ1v) is 9.16. The molecule has 1 aliphatic rings. The minimum atomic E-state index is -1.07. The molecule has 2 N–H and O–H groups in total. The van der Waals surface area contributed by atoms with Crippen molar-refractivity contribution in [2.75, 3.05) is 35.7 Å². The molecular weight excluding hydrogens is 375 g/mol. The largest absolute Gasteiger partial charge is 0.325 e. The maximum atomic E-state index is 13.2. The van der Waals surface area contributed by atoms with Crippen LogP contribution in [0.5, 0.6) is 0 Å². The fourth-order valence-corrected chi connectivity index (χ4v) is 3.27. The van der Waals surface area contributed by atoms with Crippen molar-refractivity contribution in [1.29, 1.82) is 0 Å². The monoisotopic (exact) mass is 398 g/mol. The van der Waals surface area contributed by atoms with Crippen LogP contribution in [-0.2, 0) is 14.4 Å². The Balaban J connectivity index is 1.68. The van der Waals surface area contributed by atoms with Gasteiger partial charge >= 0.3 is 0 Å². The van der Waals surface area contributed by atoms with Crippen LogP contribution in [0.1, 0.15) is 13.8 Å². The third-order valence-electron chi connectivity index (χ3n) is 4.68. The highest BCUT2D eigenvalue weighted by molar-refractivity contribution is 6.14. The summed E-state index contributed by atoms with van der Waals surface area (Å²) in [6, 6.07) is 12.7. The summed E-state index contributed by atoms with van der Waals surface area (Å²) in [6.07, 6.45) is 0. The molecule has 1 heterocycles. The number of amides is 3. The number of carbonyl (C=O) groups is 3. The lowest BCUT2D eigenvalue weighted by atomic mass is 9.96. The van der Waals surface area contributed by atoms with Gasteiger partial charge in [-0.15, -0.1) is 0 Å². The average molecular weight is 398 g/mol. The van der Waals surface area contributed by atoms with E-state index < -0.39 is 11.4 Å². The van der Waals surface area contributed by atoms with Crippen molar-refractivity contribution in [2.24, 2.45) is 0 Å². The molecule has 152 valence electrons. The number of para-hydroxylation sites is 2. The number of fused-ring (bicyclic) bond motifs is 1. The molecule has 7 nitrogen and oxygen atoms in total. The summed E-state index contributed by atoms with van der Waals surface area (Å²) in [6.45, 7) is 3.21. The minimum absolute atomic E-state index is 0.0651. The van der Waals surface area contributed by atoms with E-state index in [4.69, 9.17) is 0 Å². The second kappa shape index (κ2) is 8.00. The van der Waals surface area contributed by atoms with Gasteiger partial charge in [-0.3, -0.25) is 24.2 Å². The molecule has 3 rings (SSSR count). The van der Waals surface area contributed by atoms with Crippen molar-refractivity contribution in [2.45, 2.75) is 19.4 Å². The van der Waals surface area contributed by atoms with Crippen molar-refractivity contribution in [3.8, 4) is 0 Å². The van der Waals surface area contributed by atoms with Gasteiger partial charge in [0.1, 0.15) is 11.4 Å². The molecule has 0 unspecified atom stereocenters. The van der Waals surface area contributed by atoms with E-state index in [1.54, 1.807) is 56.1 Å². The predicted molar refractivity (Wildman–Crippen MR) is 109 cm³/mol. The van der Waals surface area contributed by atoms with Crippen molar-refractivity contribution in [3.63, 3.8) is 0 Å². The zero-order valence-electron chi connectivity index (χ0n) is 16.5. The summed E-state index contributed by atoms with van der Waals surface area (Å²) in [4.78, 5) is 40.7. The summed E-state index contributed by atoms with van der Waals surface area (Å²) in [5.74, 6) is -1.41. The van der Waals surface area contributed by atoms with E-state index in [-0.39, 0.29) is 30.8 Å². The van der Waals surface area contributed by atoms with Crippen LogP contribution in [0.25, 0.3) is 0 Å². The highest BCUT2D eigenvalue weighted by atomic mass is 19.1. The molecule has 8 heteroatoms. The van der Waals surface area contributed by atoms with Crippen LogP contribution in [0.15, 0.2) is 48.5 Å². The zero-order valence-corrected chi connectivity index (χ0v) is 16.5. The summed E-state index contributed by atoms with van der Waals surface area (Å²) in [5.41, 5.74) is 0.449. The molecule has 0 spiro atoms. The summed E-state index contributed by atoms with van der Waals surface area (Å²) in [5, 5.41) is 5.41. The van der Waals surface area contributed by atoms with Gasteiger partial charge in [0.15, 0.2) is 0 Å². The topological polar surface area (TPSA) is 81.8 Å². The summed E-state index contributed by atoms with van der Waals surface area (Å²) >= 11 is 0. The highest BCUT2D eigenvalue weighted by Crippen LogP contribution is 2.36. The van der Waals surface area contributed by atoms with Gasteiger partial charge in [-0.25, -0.2) is 4.39 Å². The van der Waals surface area contributed by atoms with Crippen LogP contribution in [0.4, 0.5) is 21.5 Å². The Labute approximate surface area is 168 Å². The Kier molecular flexibility index (Phi) is 5.65. The average Bonchev–Trinajstić information content (AvgIpc) is 2.62. The van der Waals surface area contributed by atoms with Crippen molar-refractivity contribution >= 4 is 34.8 Å². The number of likely N-dealkylation sites (N-methyl/N-ethyl adjacent to an activating group) is 1. The first-order valence-electron chi connectivity index (χ1n) is 9.16. The van der Waals surface area contributed by atoms with Gasteiger partial charge in [-0.2, -0.15) is 0 Å². The van der Waals surface area contributed by atoms with Crippen molar-refractivity contribution in [3.05, 3.63) is 54.3 Å². The van der Waals surface area contributed by atoms with Gasteiger partial charge in [0.2, 0.25) is 17.7 Å². The molecule has 2 aromatic rings. The van der Waals surface area contributed by atoms with Crippen LogP contribution in [-0.4, -0.2) is 48.3 Å². The molecule has 29 heavy (non-hydrogen) atoms. The Morgan fingerprint density at radius 3 is 2.59 bits per heavy atom. The molecule has 0 aliphatic carbocycles. The lowest BCUT2D eigenvalue weighted by Gasteiger charge is -2.42. The van der Waals surface area contributed by atoms with Crippen molar-refractivity contribution in [1.82, 2.24) is 4.90 Å². The lowest BCUT2D eigenvalue weighted by Crippen LogP contribution is -2.60. The first kappa shape index (κ1) is 20.5. The third kappa shape index (κ3) is 4.43. The standard InChI is InChI=1S/C21H23FN4O3/c1-21(2)20(29)24-16-9-4-5-10-17(16)26(21)19(28)13-25(3)12-18(27)23-15-8-6-7-14(22)11-15/h4-11H,12-13H2,1-3H3,(H,23,27)(H,24,29). The molecular formula is C21H23FN4O3. The van der Waals surface area contributed by atoms with E-state index in [2.05, 4.69) is 10.6 Å². The smallest absolute Gasteiger partial charge is 0.250 e. The van der Waals surface area contributed by atoms with Crippen LogP contribution in [0, 0.1) is 5.82 Å². The molecule has 3 amide bonds. The van der Waals surface area contributed by atoms with Gasteiger partial charge in [0, 0.05) is 5.69 Å². The fraction of sp³-hybridized carbons (Fsp3) is 0.286. The first-order chi connectivity index (χ1) is 13.7. The number of rotatable bonds is 5. The number of hydrogen-bond acceptors (Lipinski definition) is 4. The normalized spacial score (nSPS) is 14.9. The number of hydrogen-bond donors (Lipinski definition) is 2. The number of carbonyl (C=O) groups excluding carboxylic acids is 3. The van der Waals surface area contributed by atoms with Gasteiger partial charge in [0.05, 0.1) is 24.5 Å². The second-order valence-corrected chi connectivity index (χ2v) is 7.49. The molecule has 0 fully saturated rings. The summed E-state index contributed by atoms with van der Waals surface area (Å²) in [7, 11) is 1.63. The van der Waals surface area contributed by atoms with Crippen LogP contribution in [0.3, 0.4) is 0 Å². The number of anilines is 3.